The van der Waals surface area contributed by atoms with Gasteiger partial charge in [-0.25, -0.2) is 0 Å². The summed E-state index contributed by atoms with van der Waals surface area (Å²) < 4.78 is 18.4. The van der Waals surface area contributed by atoms with Crippen molar-refractivity contribution in [2.75, 3.05) is 27.4 Å². The summed E-state index contributed by atoms with van der Waals surface area (Å²) in [5.74, 6) is 1.30. The minimum atomic E-state index is -0.838. The average Bonchev–Trinajstić information content (AvgIpc) is 2.91. The Labute approximate surface area is 116 Å². The van der Waals surface area contributed by atoms with E-state index in [1.165, 1.54) is 0 Å². The first-order valence-electron chi connectivity index (χ1n) is 6.27. The molecule has 20 heavy (non-hydrogen) atoms. The Kier molecular flexibility index (Phi) is 3.15. The summed E-state index contributed by atoms with van der Waals surface area (Å²) in [6.07, 6.45) is 0. The van der Waals surface area contributed by atoms with Crippen LogP contribution in [0.1, 0.15) is 11.4 Å². The van der Waals surface area contributed by atoms with Gasteiger partial charge >= 0.3 is 0 Å². The zero-order valence-electron chi connectivity index (χ0n) is 11.7. The molecule has 7 nitrogen and oxygen atoms in total. The van der Waals surface area contributed by atoms with Crippen LogP contribution in [-0.4, -0.2) is 47.6 Å². The number of fused-ring (bicyclic) bond motifs is 3. The summed E-state index contributed by atoms with van der Waals surface area (Å²) in [7, 11) is 3.22. The number of tetrazole rings is 1. The molecule has 7 heteroatoms. The monoisotopic (exact) mass is 276 g/mol. The lowest BCUT2D eigenvalue weighted by atomic mass is 10.0. The van der Waals surface area contributed by atoms with Crippen molar-refractivity contribution in [3.8, 4) is 11.4 Å². The van der Waals surface area contributed by atoms with Gasteiger partial charge < -0.3 is 14.2 Å². The molecule has 0 unspecified atom stereocenters. The molecule has 3 rings (SSSR count). The summed E-state index contributed by atoms with van der Waals surface area (Å²) in [5, 5.41) is 11.9. The van der Waals surface area contributed by atoms with E-state index < -0.39 is 5.60 Å². The molecular weight excluding hydrogens is 260 g/mol. The third-order valence-electron chi connectivity index (χ3n) is 3.28. The molecule has 2 heterocycles. The number of nitrogens with zero attached hydrogens (tertiary/aromatic N) is 4. The van der Waals surface area contributed by atoms with Crippen LogP contribution >= 0.6 is 0 Å². The lowest BCUT2D eigenvalue weighted by Crippen LogP contribution is -2.47. The van der Waals surface area contributed by atoms with Gasteiger partial charge in [-0.3, -0.25) is 0 Å². The Morgan fingerprint density at radius 2 is 2.00 bits per heavy atom. The minimum Gasteiger partial charge on any atom is -0.472 e. The molecule has 0 atom stereocenters. The van der Waals surface area contributed by atoms with Gasteiger partial charge in [0.2, 0.25) is 11.4 Å². The molecule has 0 aliphatic carbocycles. The summed E-state index contributed by atoms with van der Waals surface area (Å²) in [6.45, 7) is 2.61. The van der Waals surface area contributed by atoms with Gasteiger partial charge in [0.25, 0.3) is 0 Å². The molecule has 2 aromatic rings. The van der Waals surface area contributed by atoms with Crippen molar-refractivity contribution in [1.82, 2.24) is 20.2 Å². The second-order valence-electron chi connectivity index (χ2n) is 4.85. The Morgan fingerprint density at radius 1 is 1.25 bits per heavy atom. The maximum atomic E-state index is 6.13. The maximum absolute atomic E-state index is 6.13. The van der Waals surface area contributed by atoms with Crippen molar-refractivity contribution in [1.29, 1.82) is 0 Å². The number of methoxy groups -OCH3 is 2. The van der Waals surface area contributed by atoms with E-state index in [9.17, 15) is 0 Å². The second-order valence-corrected chi connectivity index (χ2v) is 4.85. The number of aryl methyl sites for hydroxylation is 1. The van der Waals surface area contributed by atoms with Crippen LogP contribution in [0.15, 0.2) is 18.2 Å². The molecular formula is C13H16N4O3. The van der Waals surface area contributed by atoms with Crippen molar-refractivity contribution in [3.05, 3.63) is 29.6 Å². The van der Waals surface area contributed by atoms with Crippen molar-refractivity contribution in [2.24, 2.45) is 0 Å². The number of ether oxygens (including phenoxy) is 3. The van der Waals surface area contributed by atoms with Crippen LogP contribution < -0.4 is 4.74 Å². The van der Waals surface area contributed by atoms with Gasteiger partial charge in [0.05, 0.1) is 13.2 Å². The van der Waals surface area contributed by atoms with Crippen molar-refractivity contribution in [3.63, 3.8) is 0 Å². The van der Waals surface area contributed by atoms with Crippen LogP contribution in [-0.2, 0) is 15.1 Å². The Hall–Kier alpha value is -1.99. The van der Waals surface area contributed by atoms with E-state index in [1.807, 2.05) is 25.1 Å². The smallest absolute Gasteiger partial charge is 0.216 e. The highest BCUT2D eigenvalue weighted by Gasteiger charge is 2.45. The fourth-order valence-electron chi connectivity index (χ4n) is 2.46. The lowest BCUT2D eigenvalue weighted by molar-refractivity contribution is -0.0748. The first kappa shape index (κ1) is 13.0. The molecule has 106 valence electrons. The van der Waals surface area contributed by atoms with Crippen molar-refractivity contribution >= 4 is 0 Å². The van der Waals surface area contributed by atoms with E-state index >= 15 is 0 Å². The van der Waals surface area contributed by atoms with Gasteiger partial charge in [-0.05, 0) is 35.0 Å². The van der Waals surface area contributed by atoms with E-state index in [-0.39, 0.29) is 0 Å². The van der Waals surface area contributed by atoms with Gasteiger partial charge in [0, 0.05) is 14.2 Å². The van der Waals surface area contributed by atoms with E-state index in [0.29, 0.717) is 24.8 Å². The minimum absolute atomic E-state index is 0.300. The predicted octanol–water partition coefficient (Wildman–Crippen LogP) is 0.851. The number of rotatable bonds is 4. The zero-order valence-corrected chi connectivity index (χ0v) is 11.7. The molecule has 1 aliphatic heterocycles. The highest BCUT2D eigenvalue weighted by Crippen LogP contribution is 2.38. The molecule has 1 aliphatic rings. The van der Waals surface area contributed by atoms with Crippen LogP contribution in [0, 0.1) is 6.92 Å². The third-order valence-corrected chi connectivity index (χ3v) is 3.28. The predicted molar refractivity (Wildman–Crippen MR) is 69.9 cm³/mol. The number of aromatic nitrogens is 4. The quantitative estimate of drug-likeness (QED) is 0.824. The van der Waals surface area contributed by atoms with Crippen LogP contribution in [0.4, 0.5) is 0 Å². The lowest BCUT2D eigenvalue weighted by Gasteiger charge is -2.35. The van der Waals surface area contributed by atoms with Gasteiger partial charge in [-0.1, -0.05) is 6.07 Å². The van der Waals surface area contributed by atoms with Crippen LogP contribution in [0.2, 0.25) is 0 Å². The van der Waals surface area contributed by atoms with Crippen molar-refractivity contribution in [2.45, 2.75) is 12.5 Å². The van der Waals surface area contributed by atoms with E-state index in [0.717, 1.165) is 11.3 Å². The number of hydrogen-bond donors (Lipinski definition) is 0. The molecule has 0 fully saturated rings. The second kappa shape index (κ2) is 4.84. The fraction of sp³-hybridized carbons (Fsp3) is 0.462. The largest absolute Gasteiger partial charge is 0.472 e. The molecule has 0 spiro atoms. The van der Waals surface area contributed by atoms with Crippen LogP contribution in [0.3, 0.4) is 0 Å². The van der Waals surface area contributed by atoms with E-state index in [2.05, 4.69) is 15.5 Å². The van der Waals surface area contributed by atoms with E-state index in [1.54, 1.807) is 18.9 Å². The Morgan fingerprint density at radius 3 is 2.70 bits per heavy atom. The molecule has 0 radical (unpaired) electrons. The maximum Gasteiger partial charge on any atom is 0.216 e. The molecule has 0 bridgehead atoms. The molecule has 1 aromatic carbocycles. The number of hydrogen-bond acceptors (Lipinski definition) is 6. The topological polar surface area (TPSA) is 71.3 Å². The molecule has 0 amide bonds. The summed E-state index contributed by atoms with van der Waals surface area (Å²) in [4.78, 5) is 0. The first-order chi connectivity index (χ1) is 9.70. The molecule has 0 saturated heterocycles. The SMILES string of the molecule is COCC1(COC)Oc2ccc(C)cc2-n2nnnc21. The molecule has 1 aromatic heterocycles. The van der Waals surface area contributed by atoms with Gasteiger partial charge in [-0.2, -0.15) is 4.68 Å². The zero-order chi connectivity index (χ0) is 14.2. The fourth-order valence-corrected chi connectivity index (χ4v) is 2.46. The van der Waals surface area contributed by atoms with Gasteiger partial charge in [-0.15, -0.1) is 5.10 Å². The van der Waals surface area contributed by atoms with Crippen LogP contribution in [0.5, 0.6) is 5.75 Å². The van der Waals surface area contributed by atoms with Gasteiger partial charge in [0.15, 0.2) is 0 Å². The van der Waals surface area contributed by atoms with E-state index in [4.69, 9.17) is 14.2 Å². The Balaban J connectivity index is 2.17. The first-order valence-corrected chi connectivity index (χ1v) is 6.27. The summed E-state index contributed by atoms with van der Waals surface area (Å²) in [5.41, 5.74) is 1.10. The highest BCUT2D eigenvalue weighted by molar-refractivity contribution is 5.51. The summed E-state index contributed by atoms with van der Waals surface area (Å²) >= 11 is 0. The molecule has 0 N–H and O–H groups in total. The summed E-state index contributed by atoms with van der Waals surface area (Å²) in [6, 6.07) is 5.88. The average molecular weight is 276 g/mol. The molecule has 0 saturated carbocycles. The van der Waals surface area contributed by atoms with Crippen molar-refractivity contribution < 1.29 is 14.2 Å². The highest BCUT2D eigenvalue weighted by atomic mass is 16.6. The Bertz CT molecular complexity index is 620. The number of benzene rings is 1. The van der Waals surface area contributed by atoms with Gasteiger partial charge in [0.1, 0.15) is 11.4 Å². The van der Waals surface area contributed by atoms with Crippen LogP contribution in [0.25, 0.3) is 5.69 Å². The third kappa shape index (κ3) is 1.86. The normalized spacial score (nSPS) is 15.3. The standard InChI is InChI=1S/C13H16N4O3/c1-9-4-5-11-10(6-9)17-12(14-15-16-17)13(20-11,7-18-2)8-19-3/h4-6H,7-8H2,1-3H3.